The Bertz CT molecular complexity index is 695. The van der Waals surface area contributed by atoms with Gasteiger partial charge in [0.2, 0.25) is 0 Å². The number of carboxylic acid groups (broad SMARTS) is 2. The molecule has 0 saturated heterocycles. The van der Waals surface area contributed by atoms with E-state index in [4.69, 9.17) is 19.8 Å². The van der Waals surface area contributed by atoms with E-state index < -0.39 is 11.9 Å². The molecular weight excluding hydrogens is 318 g/mol. The zero-order valence-corrected chi connectivity index (χ0v) is 14.5. The van der Waals surface area contributed by atoms with Crippen molar-refractivity contribution >= 4 is 11.9 Å². The van der Waals surface area contributed by atoms with Crippen molar-refractivity contribution in [1.82, 2.24) is 4.90 Å². The first-order valence-electron chi connectivity index (χ1n) is 8.36. The molecule has 0 aromatic heterocycles. The van der Waals surface area contributed by atoms with Gasteiger partial charge in [-0.25, -0.2) is 9.59 Å². The Balaban J connectivity index is 0.000000326. The van der Waals surface area contributed by atoms with Gasteiger partial charge in [-0.15, -0.1) is 0 Å². The summed E-state index contributed by atoms with van der Waals surface area (Å²) < 4.78 is 0. The molecule has 2 aromatic carbocycles. The van der Waals surface area contributed by atoms with E-state index in [2.05, 4.69) is 67.3 Å². The van der Waals surface area contributed by atoms with Gasteiger partial charge in [-0.3, -0.25) is 0 Å². The lowest BCUT2D eigenvalue weighted by Gasteiger charge is -2.23. The van der Waals surface area contributed by atoms with Crippen molar-refractivity contribution < 1.29 is 19.8 Å². The molecule has 1 aliphatic rings. The number of likely N-dealkylation sites (N-methyl/N-ethyl adjacent to an activating group) is 1. The van der Waals surface area contributed by atoms with Gasteiger partial charge >= 0.3 is 11.9 Å². The standard InChI is InChI=1S/C18H21N.C2H2O4/c1-3-19(4-2)13-18-16-11-7-5-9-14(16)15-10-6-8-12-17(15)18;3-1(4)2(5)6/h5-12,18H,3-4,13H2,1-2H3;(H,3,4)(H,5,6). The average Bonchev–Trinajstić information content (AvgIpc) is 2.94. The van der Waals surface area contributed by atoms with Crippen molar-refractivity contribution in [3.8, 4) is 11.1 Å². The third kappa shape index (κ3) is 4.25. The summed E-state index contributed by atoms with van der Waals surface area (Å²) in [6, 6.07) is 17.7. The quantitative estimate of drug-likeness (QED) is 0.834. The van der Waals surface area contributed by atoms with E-state index in [1.165, 1.54) is 22.3 Å². The first-order chi connectivity index (χ1) is 12.0. The molecule has 0 heterocycles. The van der Waals surface area contributed by atoms with Gasteiger partial charge in [0.1, 0.15) is 0 Å². The normalized spacial score (nSPS) is 12.1. The number of carboxylic acids is 2. The predicted molar refractivity (Wildman–Crippen MR) is 96.8 cm³/mol. The summed E-state index contributed by atoms with van der Waals surface area (Å²) in [6.45, 7) is 7.86. The van der Waals surface area contributed by atoms with Crippen LogP contribution in [0.15, 0.2) is 48.5 Å². The van der Waals surface area contributed by atoms with Crippen LogP contribution in [0.2, 0.25) is 0 Å². The molecule has 132 valence electrons. The molecule has 0 fully saturated rings. The van der Waals surface area contributed by atoms with Crippen LogP contribution in [0.1, 0.15) is 30.9 Å². The highest BCUT2D eigenvalue weighted by Crippen LogP contribution is 2.44. The van der Waals surface area contributed by atoms with E-state index in [0.29, 0.717) is 5.92 Å². The molecule has 0 aliphatic heterocycles. The van der Waals surface area contributed by atoms with Crippen LogP contribution in [0.5, 0.6) is 0 Å². The summed E-state index contributed by atoms with van der Waals surface area (Å²) >= 11 is 0. The average molecular weight is 341 g/mol. The first-order valence-corrected chi connectivity index (χ1v) is 8.36. The Morgan fingerprint density at radius 3 is 1.60 bits per heavy atom. The van der Waals surface area contributed by atoms with Gasteiger partial charge < -0.3 is 15.1 Å². The molecule has 5 heteroatoms. The van der Waals surface area contributed by atoms with Gasteiger partial charge in [-0.05, 0) is 35.3 Å². The van der Waals surface area contributed by atoms with E-state index in [1.807, 2.05) is 0 Å². The molecule has 2 N–H and O–H groups in total. The van der Waals surface area contributed by atoms with Gasteiger partial charge in [0.15, 0.2) is 0 Å². The summed E-state index contributed by atoms with van der Waals surface area (Å²) in [6.07, 6.45) is 0. The largest absolute Gasteiger partial charge is 0.473 e. The number of rotatable bonds is 4. The zero-order chi connectivity index (χ0) is 18.4. The summed E-state index contributed by atoms with van der Waals surface area (Å²) in [5, 5.41) is 14.8. The number of fused-ring (bicyclic) bond motifs is 3. The van der Waals surface area contributed by atoms with Crippen molar-refractivity contribution in [3.05, 3.63) is 59.7 Å². The Kier molecular flexibility index (Phi) is 6.31. The monoisotopic (exact) mass is 341 g/mol. The van der Waals surface area contributed by atoms with Crippen LogP contribution in [0.3, 0.4) is 0 Å². The molecule has 0 bridgehead atoms. The van der Waals surface area contributed by atoms with E-state index in [-0.39, 0.29) is 0 Å². The van der Waals surface area contributed by atoms with Crippen molar-refractivity contribution in [1.29, 1.82) is 0 Å². The molecule has 3 rings (SSSR count). The lowest BCUT2D eigenvalue weighted by Crippen LogP contribution is -2.28. The first kappa shape index (κ1) is 18.7. The van der Waals surface area contributed by atoms with Crippen LogP contribution in [0.4, 0.5) is 0 Å². The molecule has 2 aromatic rings. The minimum Gasteiger partial charge on any atom is -0.473 e. The van der Waals surface area contributed by atoms with Crippen molar-refractivity contribution in [2.75, 3.05) is 19.6 Å². The fourth-order valence-electron chi connectivity index (χ4n) is 3.20. The fraction of sp³-hybridized carbons (Fsp3) is 0.300. The highest BCUT2D eigenvalue weighted by atomic mass is 16.4. The second kappa shape index (κ2) is 8.44. The maximum atomic E-state index is 9.10. The smallest absolute Gasteiger partial charge is 0.414 e. The number of benzene rings is 2. The molecule has 0 spiro atoms. The zero-order valence-electron chi connectivity index (χ0n) is 14.5. The SMILES string of the molecule is CCN(CC)CC1c2ccccc2-c2ccccc21.O=C(O)C(=O)O. The summed E-state index contributed by atoms with van der Waals surface area (Å²) in [4.78, 5) is 20.7. The topological polar surface area (TPSA) is 77.8 Å². The number of aliphatic carboxylic acids is 2. The lowest BCUT2D eigenvalue weighted by molar-refractivity contribution is -0.159. The molecule has 0 atom stereocenters. The van der Waals surface area contributed by atoms with Gasteiger partial charge in [0.25, 0.3) is 0 Å². The lowest BCUT2D eigenvalue weighted by atomic mass is 9.96. The number of carbonyl (C=O) groups is 2. The third-order valence-electron chi connectivity index (χ3n) is 4.48. The number of hydrogen-bond acceptors (Lipinski definition) is 3. The number of hydrogen-bond donors (Lipinski definition) is 2. The van der Waals surface area contributed by atoms with E-state index in [1.54, 1.807) is 0 Å². The maximum absolute atomic E-state index is 9.10. The summed E-state index contributed by atoms with van der Waals surface area (Å²) in [5.74, 6) is -3.11. The third-order valence-corrected chi connectivity index (χ3v) is 4.48. The van der Waals surface area contributed by atoms with E-state index in [9.17, 15) is 0 Å². The van der Waals surface area contributed by atoms with Crippen molar-refractivity contribution in [2.24, 2.45) is 0 Å². The minimum absolute atomic E-state index is 0.535. The Morgan fingerprint density at radius 2 is 1.24 bits per heavy atom. The Hall–Kier alpha value is -2.66. The molecule has 1 aliphatic carbocycles. The number of nitrogens with zero attached hydrogens (tertiary/aromatic N) is 1. The molecule has 5 nitrogen and oxygen atoms in total. The second-order valence-electron chi connectivity index (χ2n) is 5.82. The van der Waals surface area contributed by atoms with Gasteiger partial charge in [-0.2, -0.15) is 0 Å². The fourth-order valence-corrected chi connectivity index (χ4v) is 3.20. The van der Waals surface area contributed by atoms with Crippen LogP contribution in [0, 0.1) is 0 Å². The second-order valence-corrected chi connectivity index (χ2v) is 5.82. The summed E-state index contributed by atoms with van der Waals surface area (Å²) in [7, 11) is 0. The molecule has 0 amide bonds. The minimum atomic E-state index is -1.82. The van der Waals surface area contributed by atoms with Gasteiger partial charge in [0, 0.05) is 12.5 Å². The van der Waals surface area contributed by atoms with Crippen LogP contribution in [-0.4, -0.2) is 46.7 Å². The molecule has 25 heavy (non-hydrogen) atoms. The van der Waals surface area contributed by atoms with E-state index in [0.717, 1.165) is 19.6 Å². The van der Waals surface area contributed by atoms with E-state index >= 15 is 0 Å². The van der Waals surface area contributed by atoms with Gasteiger partial charge in [0.05, 0.1) is 0 Å². The molecular formula is C20H23NO4. The summed E-state index contributed by atoms with van der Waals surface area (Å²) in [5.41, 5.74) is 5.84. The maximum Gasteiger partial charge on any atom is 0.414 e. The highest BCUT2D eigenvalue weighted by Gasteiger charge is 2.28. The molecule has 0 saturated carbocycles. The van der Waals surface area contributed by atoms with Crippen LogP contribution >= 0.6 is 0 Å². The molecule has 0 unspecified atom stereocenters. The van der Waals surface area contributed by atoms with Crippen LogP contribution in [-0.2, 0) is 9.59 Å². The Labute approximate surface area is 147 Å². The van der Waals surface area contributed by atoms with Gasteiger partial charge in [-0.1, -0.05) is 62.4 Å². The van der Waals surface area contributed by atoms with Crippen LogP contribution in [0.25, 0.3) is 11.1 Å². The van der Waals surface area contributed by atoms with Crippen molar-refractivity contribution in [3.63, 3.8) is 0 Å². The van der Waals surface area contributed by atoms with Crippen molar-refractivity contribution in [2.45, 2.75) is 19.8 Å². The van der Waals surface area contributed by atoms with Crippen LogP contribution < -0.4 is 0 Å². The highest BCUT2D eigenvalue weighted by molar-refractivity contribution is 6.27. The molecule has 0 radical (unpaired) electrons. The predicted octanol–water partition coefficient (Wildman–Crippen LogP) is 3.30. The Morgan fingerprint density at radius 1 is 0.840 bits per heavy atom.